The summed E-state index contributed by atoms with van der Waals surface area (Å²) in [4.78, 5) is 0. The molecule has 0 aliphatic heterocycles. The monoisotopic (exact) mass is 231 g/mol. The second-order valence-electron chi connectivity index (χ2n) is 5.39. The smallest absolute Gasteiger partial charge is 0.0914 e. The molecule has 0 amide bonds. The van der Waals surface area contributed by atoms with E-state index in [1.165, 1.54) is 11.6 Å². The minimum atomic E-state index is -0.317. The molecule has 1 aliphatic carbocycles. The fourth-order valence-corrected chi connectivity index (χ4v) is 2.28. The largest absolute Gasteiger partial charge is 0.389 e. The van der Waals surface area contributed by atoms with Gasteiger partial charge in [-0.25, -0.2) is 0 Å². The lowest BCUT2D eigenvalue weighted by molar-refractivity contribution is 0.163. The van der Waals surface area contributed by atoms with Crippen molar-refractivity contribution in [3.63, 3.8) is 0 Å². The lowest BCUT2D eigenvalue weighted by atomic mass is 9.71. The van der Waals surface area contributed by atoms with Crippen LogP contribution in [-0.4, -0.2) is 11.2 Å². The van der Waals surface area contributed by atoms with Gasteiger partial charge in [-0.05, 0) is 48.8 Å². The molecule has 0 aromatic carbocycles. The first-order valence-electron chi connectivity index (χ1n) is 6.02. The Labute approximate surface area is 104 Å². The summed E-state index contributed by atoms with van der Waals surface area (Å²) >= 11 is 0. The van der Waals surface area contributed by atoms with E-state index in [-0.39, 0.29) is 11.5 Å². The van der Waals surface area contributed by atoms with Crippen molar-refractivity contribution in [3.8, 4) is 6.07 Å². The Morgan fingerprint density at radius 1 is 1.53 bits per heavy atom. The zero-order chi connectivity index (χ0) is 13.1. The Morgan fingerprint density at radius 3 is 2.76 bits per heavy atom. The van der Waals surface area contributed by atoms with E-state index in [4.69, 9.17) is 5.26 Å². The Hall–Kier alpha value is -1.33. The molecule has 2 heteroatoms. The average Bonchev–Trinajstić information content (AvgIpc) is 2.24. The first-order chi connectivity index (χ1) is 7.88. The first kappa shape index (κ1) is 13.7. The molecule has 0 heterocycles. The van der Waals surface area contributed by atoms with Gasteiger partial charge >= 0.3 is 0 Å². The summed E-state index contributed by atoms with van der Waals surface area (Å²) in [5, 5.41) is 18.4. The van der Waals surface area contributed by atoms with Crippen LogP contribution in [0.15, 0.2) is 34.9 Å². The van der Waals surface area contributed by atoms with Gasteiger partial charge in [0.2, 0.25) is 0 Å². The standard InChI is InChI=1S/C15H21NO/c1-11(8-10-16)5-6-13-12(2)14(17)7-9-15(13,3)4/h5-6,8,14,17H,7,9H2,1-4H3/b6-5+,11-8+. The SMILES string of the molecule is CC1=C(/C=C/C(C)=C/C#N)C(C)(C)CCC1O. The minimum Gasteiger partial charge on any atom is -0.389 e. The number of allylic oxidation sites excluding steroid dienone is 5. The number of rotatable bonds is 2. The molecule has 0 aromatic heterocycles. The van der Waals surface area contributed by atoms with Gasteiger partial charge in [0.25, 0.3) is 0 Å². The molecule has 0 aromatic rings. The second-order valence-corrected chi connectivity index (χ2v) is 5.39. The molecule has 1 aliphatic rings. The number of aliphatic hydroxyl groups is 1. The van der Waals surface area contributed by atoms with Gasteiger partial charge in [-0.15, -0.1) is 0 Å². The maximum absolute atomic E-state index is 9.89. The van der Waals surface area contributed by atoms with Crippen LogP contribution in [0.4, 0.5) is 0 Å². The summed E-state index contributed by atoms with van der Waals surface area (Å²) in [6.07, 6.45) is 7.03. The highest BCUT2D eigenvalue weighted by molar-refractivity contribution is 5.38. The molecule has 1 unspecified atom stereocenters. The summed E-state index contributed by atoms with van der Waals surface area (Å²) in [6.45, 7) is 8.30. The van der Waals surface area contributed by atoms with E-state index in [0.29, 0.717) is 0 Å². The molecule has 0 saturated heterocycles. The van der Waals surface area contributed by atoms with Crippen molar-refractivity contribution in [2.45, 2.75) is 46.6 Å². The number of nitrogens with zero attached hydrogens (tertiary/aromatic N) is 1. The Bertz CT molecular complexity index is 419. The normalized spacial score (nSPS) is 25.2. The predicted octanol–water partition coefficient (Wildman–Crippen LogP) is 3.51. The molecule has 0 spiro atoms. The minimum absolute atomic E-state index is 0.104. The molecular weight excluding hydrogens is 210 g/mol. The van der Waals surface area contributed by atoms with E-state index in [2.05, 4.69) is 13.8 Å². The van der Waals surface area contributed by atoms with Crippen LogP contribution >= 0.6 is 0 Å². The Morgan fingerprint density at radius 2 is 2.18 bits per heavy atom. The average molecular weight is 231 g/mol. The zero-order valence-corrected chi connectivity index (χ0v) is 11.1. The maximum Gasteiger partial charge on any atom is 0.0914 e. The van der Waals surface area contributed by atoms with Gasteiger partial charge in [0.05, 0.1) is 12.2 Å². The highest BCUT2D eigenvalue weighted by Gasteiger charge is 2.30. The summed E-state index contributed by atoms with van der Waals surface area (Å²) in [5.74, 6) is 0. The first-order valence-corrected chi connectivity index (χ1v) is 6.02. The topological polar surface area (TPSA) is 44.0 Å². The van der Waals surface area contributed by atoms with E-state index >= 15 is 0 Å². The van der Waals surface area contributed by atoms with Crippen molar-refractivity contribution in [3.05, 3.63) is 34.9 Å². The van der Waals surface area contributed by atoms with Gasteiger partial charge in [-0.2, -0.15) is 5.26 Å². The van der Waals surface area contributed by atoms with Crippen LogP contribution in [0.3, 0.4) is 0 Å². The molecule has 0 fully saturated rings. The van der Waals surface area contributed by atoms with Gasteiger partial charge in [-0.3, -0.25) is 0 Å². The number of aliphatic hydroxyl groups excluding tert-OH is 1. The van der Waals surface area contributed by atoms with Crippen LogP contribution in [0, 0.1) is 16.7 Å². The summed E-state index contributed by atoms with van der Waals surface area (Å²) in [6, 6.07) is 2.02. The fraction of sp³-hybridized carbons (Fsp3) is 0.533. The third-order valence-electron chi connectivity index (χ3n) is 3.50. The highest BCUT2D eigenvalue weighted by atomic mass is 16.3. The summed E-state index contributed by atoms with van der Waals surface area (Å²) < 4.78 is 0. The van der Waals surface area contributed by atoms with Gasteiger partial charge in [0.15, 0.2) is 0 Å². The molecule has 1 rings (SSSR count). The van der Waals surface area contributed by atoms with Crippen LogP contribution in [0.25, 0.3) is 0 Å². The quantitative estimate of drug-likeness (QED) is 0.584. The van der Waals surface area contributed by atoms with E-state index in [9.17, 15) is 5.11 Å². The number of hydrogen-bond acceptors (Lipinski definition) is 2. The molecule has 0 saturated carbocycles. The molecule has 2 nitrogen and oxygen atoms in total. The lowest BCUT2D eigenvalue weighted by Gasteiger charge is -2.35. The van der Waals surface area contributed by atoms with Crippen LogP contribution in [0.2, 0.25) is 0 Å². The number of hydrogen-bond donors (Lipinski definition) is 1. The van der Waals surface area contributed by atoms with Crippen LogP contribution < -0.4 is 0 Å². The molecular formula is C15H21NO. The second kappa shape index (κ2) is 5.33. The van der Waals surface area contributed by atoms with E-state index in [1.807, 2.05) is 32.1 Å². The molecule has 92 valence electrons. The predicted molar refractivity (Wildman–Crippen MR) is 70.2 cm³/mol. The summed E-state index contributed by atoms with van der Waals surface area (Å²) in [7, 11) is 0. The van der Waals surface area contributed by atoms with E-state index in [1.54, 1.807) is 0 Å². The van der Waals surface area contributed by atoms with Gasteiger partial charge in [0.1, 0.15) is 0 Å². The Balaban J connectivity index is 3.05. The fourth-order valence-electron chi connectivity index (χ4n) is 2.28. The van der Waals surface area contributed by atoms with Crippen molar-refractivity contribution in [2.75, 3.05) is 0 Å². The molecule has 0 bridgehead atoms. The third-order valence-corrected chi connectivity index (χ3v) is 3.50. The lowest BCUT2D eigenvalue weighted by Crippen LogP contribution is -2.27. The van der Waals surface area contributed by atoms with Crippen LogP contribution in [0.1, 0.15) is 40.5 Å². The van der Waals surface area contributed by atoms with E-state index in [0.717, 1.165) is 24.0 Å². The van der Waals surface area contributed by atoms with Gasteiger partial charge < -0.3 is 5.11 Å². The number of nitriles is 1. The molecule has 0 radical (unpaired) electrons. The van der Waals surface area contributed by atoms with Gasteiger partial charge in [-0.1, -0.05) is 26.0 Å². The van der Waals surface area contributed by atoms with Crippen molar-refractivity contribution < 1.29 is 5.11 Å². The van der Waals surface area contributed by atoms with Crippen LogP contribution in [0.5, 0.6) is 0 Å². The highest BCUT2D eigenvalue weighted by Crippen LogP contribution is 2.40. The van der Waals surface area contributed by atoms with Crippen LogP contribution in [-0.2, 0) is 0 Å². The molecule has 1 atom stereocenters. The molecule has 1 N–H and O–H groups in total. The van der Waals surface area contributed by atoms with Crippen molar-refractivity contribution in [2.24, 2.45) is 5.41 Å². The van der Waals surface area contributed by atoms with Gasteiger partial charge in [0, 0.05) is 6.08 Å². The van der Waals surface area contributed by atoms with E-state index < -0.39 is 0 Å². The zero-order valence-electron chi connectivity index (χ0n) is 11.1. The third kappa shape index (κ3) is 3.31. The van der Waals surface area contributed by atoms with Crippen molar-refractivity contribution in [1.82, 2.24) is 0 Å². The Kier molecular flexibility index (Phi) is 4.31. The maximum atomic E-state index is 9.89. The van der Waals surface area contributed by atoms with Crippen molar-refractivity contribution in [1.29, 1.82) is 5.26 Å². The van der Waals surface area contributed by atoms with Crippen molar-refractivity contribution >= 4 is 0 Å². The molecule has 17 heavy (non-hydrogen) atoms. The summed E-state index contributed by atoms with van der Waals surface area (Å²) in [5.41, 5.74) is 3.29.